The van der Waals surface area contributed by atoms with E-state index in [2.05, 4.69) is 17.5 Å². The summed E-state index contributed by atoms with van der Waals surface area (Å²) in [6.07, 6.45) is 7.55. The van der Waals surface area contributed by atoms with E-state index in [-0.39, 0.29) is 5.91 Å². The number of nitrogens with one attached hydrogen (secondary N) is 1. The molecule has 2 aromatic carbocycles. The van der Waals surface area contributed by atoms with Crippen molar-refractivity contribution in [1.29, 1.82) is 0 Å². The van der Waals surface area contributed by atoms with Gasteiger partial charge in [0.05, 0.1) is 23.4 Å². The van der Waals surface area contributed by atoms with E-state index < -0.39 is 0 Å². The van der Waals surface area contributed by atoms with Crippen molar-refractivity contribution in [2.45, 2.75) is 39.0 Å². The van der Waals surface area contributed by atoms with Crippen molar-refractivity contribution in [3.63, 3.8) is 0 Å². The topological polar surface area (TPSA) is 50.7 Å². The maximum atomic E-state index is 12.1. The van der Waals surface area contributed by atoms with Crippen LogP contribution in [0.4, 0.5) is 0 Å². The third-order valence-corrected chi connectivity index (χ3v) is 4.24. The summed E-state index contributed by atoms with van der Waals surface area (Å²) < 4.78 is 5.85. The van der Waals surface area contributed by atoms with Crippen LogP contribution >= 0.6 is 11.6 Å². The number of benzene rings is 2. The minimum absolute atomic E-state index is 0.346. The first-order valence-corrected chi connectivity index (χ1v) is 9.40. The van der Waals surface area contributed by atoms with Gasteiger partial charge in [0.1, 0.15) is 5.75 Å². The van der Waals surface area contributed by atoms with Crippen molar-refractivity contribution in [2.75, 3.05) is 6.61 Å². The zero-order valence-corrected chi connectivity index (χ0v) is 15.8. The monoisotopic (exact) mass is 372 g/mol. The zero-order chi connectivity index (χ0) is 18.6. The summed E-state index contributed by atoms with van der Waals surface area (Å²) in [6.45, 7) is 2.89. The number of para-hydroxylation sites is 1. The summed E-state index contributed by atoms with van der Waals surface area (Å²) in [6, 6.07) is 14.5. The van der Waals surface area contributed by atoms with E-state index in [0.29, 0.717) is 17.2 Å². The molecule has 0 radical (unpaired) electrons. The van der Waals surface area contributed by atoms with Gasteiger partial charge in [0.2, 0.25) is 0 Å². The molecule has 0 fully saturated rings. The van der Waals surface area contributed by atoms with Gasteiger partial charge in [-0.05, 0) is 30.7 Å². The van der Waals surface area contributed by atoms with E-state index in [4.69, 9.17) is 16.3 Å². The average molecular weight is 373 g/mol. The minimum atomic E-state index is -0.346. The van der Waals surface area contributed by atoms with Crippen LogP contribution in [0.25, 0.3) is 0 Å². The second-order valence-electron chi connectivity index (χ2n) is 5.98. The zero-order valence-electron chi connectivity index (χ0n) is 15.1. The molecular formula is C21H25ClN2O2. The Morgan fingerprint density at radius 3 is 2.62 bits per heavy atom. The van der Waals surface area contributed by atoms with Gasteiger partial charge in [0.15, 0.2) is 0 Å². The lowest BCUT2D eigenvalue weighted by molar-refractivity contribution is 0.0955. The Morgan fingerprint density at radius 1 is 1.08 bits per heavy atom. The van der Waals surface area contributed by atoms with Crippen molar-refractivity contribution < 1.29 is 9.53 Å². The normalized spacial score (nSPS) is 10.8. The predicted molar refractivity (Wildman–Crippen MR) is 107 cm³/mol. The third-order valence-electron chi connectivity index (χ3n) is 3.91. The van der Waals surface area contributed by atoms with Gasteiger partial charge in [0.25, 0.3) is 5.91 Å². The summed E-state index contributed by atoms with van der Waals surface area (Å²) in [5.74, 6) is 0.417. The highest BCUT2D eigenvalue weighted by Gasteiger charge is 2.08. The molecule has 0 spiro atoms. The van der Waals surface area contributed by atoms with E-state index in [1.807, 2.05) is 24.3 Å². The van der Waals surface area contributed by atoms with Crippen LogP contribution in [0.1, 0.15) is 54.9 Å². The molecular weight excluding hydrogens is 348 g/mol. The Morgan fingerprint density at radius 2 is 1.81 bits per heavy atom. The Bertz CT molecular complexity index is 731. The average Bonchev–Trinajstić information content (AvgIpc) is 2.66. The molecule has 26 heavy (non-hydrogen) atoms. The van der Waals surface area contributed by atoms with E-state index in [1.54, 1.807) is 30.5 Å². The minimum Gasteiger partial charge on any atom is -0.493 e. The number of carbonyl (C=O) groups is 1. The molecule has 0 unspecified atom stereocenters. The van der Waals surface area contributed by atoms with Crippen LogP contribution < -0.4 is 10.2 Å². The smallest absolute Gasteiger partial charge is 0.272 e. The van der Waals surface area contributed by atoms with Gasteiger partial charge in [-0.25, -0.2) is 5.43 Å². The summed E-state index contributed by atoms with van der Waals surface area (Å²) in [5, 5.41) is 4.42. The Balaban J connectivity index is 1.88. The third kappa shape index (κ3) is 6.52. The molecule has 2 rings (SSSR count). The lowest BCUT2D eigenvalue weighted by Gasteiger charge is -2.09. The molecule has 138 valence electrons. The van der Waals surface area contributed by atoms with Crippen molar-refractivity contribution >= 4 is 23.7 Å². The standard InChI is InChI=1S/C21H25ClN2O2/c1-2-3-4-5-10-15-26-20-14-9-6-11-17(20)16-23-24-21(25)18-12-7-8-13-19(18)22/h6-9,11-14,16H,2-5,10,15H2,1H3,(H,24,25). The van der Waals surface area contributed by atoms with Gasteiger partial charge in [-0.1, -0.05) is 68.5 Å². The van der Waals surface area contributed by atoms with Crippen LogP contribution in [0, 0.1) is 0 Å². The van der Waals surface area contributed by atoms with Crippen LogP contribution in [-0.4, -0.2) is 18.7 Å². The molecule has 0 aromatic heterocycles. The van der Waals surface area contributed by atoms with Gasteiger partial charge in [-0.2, -0.15) is 5.10 Å². The predicted octanol–water partition coefficient (Wildman–Crippen LogP) is 5.45. The highest BCUT2D eigenvalue weighted by atomic mass is 35.5. The highest BCUT2D eigenvalue weighted by Crippen LogP contribution is 2.17. The number of amides is 1. The fourth-order valence-electron chi connectivity index (χ4n) is 2.47. The molecule has 4 nitrogen and oxygen atoms in total. The number of carbonyl (C=O) groups excluding carboxylic acids is 1. The van der Waals surface area contributed by atoms with Gasteiger partial charge in [0, 0.05) is 5.56 Å². The first-order chi connectivity index (χ1) is 12.7. The number of nitrogens with zero attached hydrogens (tertiary/aromatic N) is 1. The van der Waals surface area contributed by atoms with E-state index in [9.17, 15) is 4.79 Å². The van der Waals surface area contributed by atoms with E-state index in [1.165, 1.54) is 25.7 Å². The van der Waals surface area contributed by atoms with Crippen LogP contribution in [0.15, 0.2) is 53.6 Å². The fourth-order valence-corrected chi connectivity index (χ4v) is 2.69. The van der Waals surface area contributed by atoms with Crippen LogP contribution in [0.5, 0.6) is 5.75 Å². The molecule has 0 aliphatic rings. The Kier molecular flexibility index (Phi) is 8.70. The van der Waals surface area contributed by atoms with Gasteiger partial charge in [-0.15, -0.1) is 0 Å². The number of hydrogen-bond donors (Lipinski definition) is 1. The molecule has 2 aromatic rings. The molecule has 5 heteroatoms. The maximum Gasteiger partial charge on any atom is 0.272 e. The molecule has 1 amide bonds. The quantitative estimate of drug-likeness (QED) is 0.342. The molecule has 0 atom stereocenters. The highest BCUT2D eigenvalue weighted by molar-refractivity contribution is 6.33. The first-order valence-electron chi connectivity index (χ1n) is 9.02. The van der Waals surface area contributed by atoms with Crippen molar-refractivity contribution in [2.24, 2.45) is 5.10 Å². The number of hydrazone groups is 1. The number of hydrogen-bond acceptors (Lipinski definition) is 3. The second kappa shape index (κ2) is 11.3. The first kappa shape index (κ1) is 20.0. The van der Waals surface area contributed by atoms with E-state index >= 15 is 0 Å². The SMILES string of the molecule is CCCCCCCOc1ccccc1C=NNC(=O)c1ccccc1Cl. The van der Waals surface area contributed by atoms with Crippen LogP contribution in [0.3, 0.4) is 0 Å². The number of ether oxygens (including phenoxy) is 1. The molecule has 0 aliphatic carbocycles. The lowest BCUT2D eigenvalue weighted by atomic mass is 10.2. The molecule has 0 bridgehead atoms. The maximum absolute atomic E-state index is 12.1. The van der Waals surface area contributed by atoms with Crippen molar-refractivity contribution in [3.8, 4) is 5.75 Å². The molecule has 1 N–H and O–H groups in total. The second-order valence-corrected chi connectivity index (χ2v) is 6.39. The van der Waals surface area contributed by atoms with Crippen LogP contribution in [0.2, 0.25) is 5.02 Å². The van der Waals surface area contributed by atoms with E-state index in [0.717, 1.165) is 17.7 Å². The summed E-state index contributed by atoms with van der Waals surface area (Å²) in [7, 11) is 0. The van der Waals surface area contributed by atoms with Gasteiger partial charge < -0.3 is 4.74 Å². The largest absolute Gasteiger partial charge is 0.493 e. The number of unbranched alkanes of at least 4 members (excludes halogenated alkanes) is 4. The molecule has 0 saturated heterocycles. The summed E-state index contributed by atoms with van der Waals surface area (Å²) in [4.78, 5) is 12.1. The van der Waals surface area contributed by atoms with Gasteiger partial charge in [-0.3, -0.25) is 4.79 Å². The summed E-state index contributed by atoms with van der Waals surface area (Å²) in [5.41, 5.74) is 3.71. The lowest BCUT2D eigenvalue weighted by Crippen LogP contribution is -2.18. The number of rotatable bonds is 10. The fraction of sp³-hybridized carbons (Fsp3) is 0.333. The molecule has 0 saturated carbocycles. The van der Waals surface area contributed by atoms with Crippen LogP contribution in [-0.2, 0) is 0 Å². The Hall–Kier alpha value is -2.33. The van der Waals surface area contributed by atoms with Crippen molar-refractivity contribution in [1.82, 2.24) is 5.43 Å². The number of halogens is 1. The van der Waals surface area contributed by atoms with Gasteiger partial charge >= 0.3 is 0 Å². The summed E-state index contributed by atoms with van der Waals surface area (Å²) >= 11 is 6.01. The Labute approximate surface area is 160 Å². The molecule has 0 aliphatic heterocycles. The van der Waals surface area contributed by atoms with Crippen molar-refractivity contribution in [3.05, 3.63) is 64.7 Å². The molecule has 0 heterocycles.